The van der Waals surface area contributed by atoms with E-state index < -0.39 is 0 Å². The van der Waals surface area contributed by atoms with Gasteiger partial charge in [-0.05, 0) is 5.92 Å². The number of aliphatic hydroxyl groups excluding tert-OH is 1. The normalized spacial score (nSPS) is 12.6. The molecule has 6 nitrogen and oxygen atoms in total. The maximum absolute atomic E-state index is 9.19. The van der Waals surface area contributed by atoms with E-state index in [4.69, 9.17) is 10.5 Å². The Morgan fingerprint density at radius 2 is 2.19 bits per heavy atom. The van der Waals surface area contributed by atoms with Crippen LogP contribution >= 0.6 is 0 Å². The summed E-state index contributed by atoms with van der Waals surface area (Å²) in [6.07, 6.45) is 0. The Bertz CT molecular complexity index is 344. The molecule has 0 saturated carbocycles. The van der Waals surface area contributed by atoms with Crippen molar-refractivity contribution in [2.24, 2.45) is 5.92 Å². The number of nitrogens with two attached hydrogens (primary N) is 1. The third-order valence-electron chi connectivity index (χ3n) is 2.26. The molecule has 0 aliphatic carbocycles. The van der Waals surface area contributed by atoms with Gasteiger partial charge in [-0.1, -0.05) is 13.8 Å². The lowest BCUT2D eigenvalue weighted by molar-refractivity contribution is 0.249. The van der Waals surface area contributed by atoms with E-state index in [0.29, 0.717) is 11.7 Å². The van der Waals surface area contributed by atoms with Gasteiger partial charge in [-0.3, -0.25) is 0 Å². The van der Waals surface area contributed by atoms with Gasteiger partial charge in [0.15, 0.2) is 0 Å². The van der Waals surface area contributed by atoms with Crippen molar-refractivity contribution in [3.63, 3.8) is 0 Å². The molecule has 1 aromatic heterocycles. The first-order valence-electron chi connectivity index (χ1n) is 5.12. The molecule has 1 unspecified atom stereocenters. The van der Waals surface area contributed by atoms with Gasteiger partial charge in [0, 0.05) is 6.07 Å². The van der Waals surface area contributed by atoms with Gasteiger partial charge in [0.05, 0.1) is 19.8 Å². The van der Waals surface area contributed by atoms with E-state index in [2.05, 4.69) is 15.3 Å². The van der Waals surface area contributed by atoms with Crippen molar-refractivity contribution in [3.05, 3.63) is 6.07 Å². The highest BCUT2D eigenvalue weighted by Crippen LogP contribution is 2.16. The van der Waals surface area contributed by atoms with Crippen LogP contribution in [0.1, 0.15) is 13.8 Å². The third kappa shape index (κ3) is 3.23. The molecule has 1 atom stereocenters. The molecule has 0 aliphatic rings. The minimum atomic E-state index is -0.0704. The van der Waals surface area contributed by atoms with Crippen molar-refractivity contribution in [1.82, 2.24) is 9.97 Å². The van der Waals surface area contributed by atoms with Crippen LogP contribution in [0.15, 0.2) is 6.07 Å². The second-order valence-electron chi connectivity index (χ2n) is 3.83. The summed E-state index contributed by atoms with van der Waals surface area (Å²) in [5.74, 6) is 1.38. The van der Waals surface area contributed by atoms with E-state index in [1.54, 1.807) is 6.07 Å². The summed E-state index contributed by atoms with van der Waals surface area (Å²) in [6.45, 7) is 4.05. The molecule has 0 aliphatic heterocycles. The SMILES string of the molecule is COc1cc(NC(CO)C(C)C)nc(N)n1. The predicted octanol–water partition coefficient (Wildman–Crippen LogP) is 0.496. The van der Waals surface area contributed by atoms with E-state index in [0.717, 1.165) is 0 Å². The van der Waals surface area contributed by atoms with Gasteiger partial charge in [0.2, 0.25) is 11.8 Å². The first-order valence-corrected chi connectivity index (χ1v) is 5.12. The second-order valence-corrected chi connectivity index (χ2v) is 3.83. The maximum atomic E-state index is 9.19. The Morgan fingerprint density at radius 1 is 1.50 bits per heavy atom. The van der Waals surface area contributed by atoms with Gasteiger partial charge in [-0.25, -0.2) is 0 Å². The number of rotatable bonds is 5. The average molecular weight is 226 g/mol. The molecular formula is C10H18N4O2. The zero-order valence-electron chi connectivity index (χ0n) is 9.77. The van der Waals surface area contributed by atoms with E-state index in [1.807, 2.05) is 13.8 Å². The Balaban J connectivity index is 2.83. The van der Waals surface area contributed by atoms with Crippen molar-refractivity contribution in [2.75, 3.05) is 24.8 Å². The predicted molar refractivity (Wildman–Crippen MR) is 62.3 cm³/mol. The zero-order chi connectivity index (χ0) is 12.1. The van der Waals surface area contributed by atoms with Gasteiger partial charge in [0.1, 0.15) is 5.82 Å². The van der Waals surface area contributed by atoms with Crippen LogP contribution in [0.25, 0.3) is 0 Å². The van der Waals surface area contributed by atoms with E-state index in [1.165, 1.54) is 7.11 Å². The molecule has 0 aromatic carbocycles. The van der Waals surface area contributed by atoms with Crippen LogP contribution < -0.4 is 15.8 Å². The number of hydrogen-bond acceptors (Lipinski definition) is 6. The lowest BCUT2D eigenvalue weighted by Crippen LogP contribution is -2.30. The number of nitrogens with one attached hydrogen (secondary N) is 1. The van der Waals surface area contributed by atoms with Crippen molar-refractivity contribution < 1.29 is 9.84 Å². The standard InChI is InChI=1S/C10H18N4O2/c1-6(2)7(5-15)12-8-4-9(16-3)14-10(11)13-8/h4,6-7,15H,5H2,1-3H3,(H3,11,12,13,14). The van der Waals surface area contributed by atoms with Crippen molar-refractivity contribution in [1.29, 1.82) is 0 Å². The van der Waals surface area contributed by atoms with Gasteiger partial charge in [-0.2, -0.15) is 9.97 Å². The van der Waals surface area contributed by atoms with Crippen LogP contribution in [-0.4, -0.2) is 34.8 Å². The molecule has 6 heteroatoms. The molecular weight excluding hydrogens is 208 g/mol. The number of anilines is 2. The summed E-state index contributed by atoms with van der Waals surface area (Å²) in [5, 5.41) is 12.3. The summed E-state index contributed by atoms with van der Waals surface area (Å²) in [7, 11) is 1.51. The Labute approximate surface area is 94.9 Å². The highest BCUT2D eigenvalue weighted by molar-refractivity contribution is 5.43. The summed E-state index contributed by atoms with van der Waals surface area (Å²) in [6, 6.07) is 1.57. The van der Waals surface area contributed by atoms with Crippen LogP contribution in [0, 0.1) is 5.92 Å². The minimum absolute atomic E-state index is 0.0316. The number of nitrogen functional groups attached to an aromatic ring is 1. The third-order valence-corrected chi connectivity index (χ3v) is 2.26. The lowest BCUT2D eigenvalue weighted by Gasteiger charge is -2.20. The molecule has 0 radical (unpaired) electrons. The van der Waals surface area contributed by atoms with Crippen molar-refractivity contribution >= 4 is 11.8 Å². The van der Waals surface area contributed by atoms with E-state index in [-0.39, 0.29) is 24.5 Å². The van der Waals surface area contributed by atoms with Crippen molar-refractivity contribution in [2.45, 2.75) is 19.9 Å². The molecule has 1 heterocycles. The fourth-order valence-corrected chi connectivity index (χ4v) is 1.23. The Kier molecular flexibility index (Phi) is 4.30. The van der Waals surface area contributed by atoms with Crippen molar-refractivity contribution in [3.8, 4) is 5.88 Å². The molecule has 90 valence electrons. The molecule has 0 saturated heterocycles. The molecule has 0 fully saturated rings. The summed E-state index contributed by atoms with van der Waals surface area (Å²) < 4.78 is 4.98. The zero-order valence-corrected chi connectivity index (χ0v) is 9.77. The summed E-state index contributed by atoms with van der Waals surface area (Å²) in [4.78, 5) is 7.89. The van der Waals surface area contributed by atoms with Gasteiger partial charge < -0.3 is 20.9 Å². The fourth-order valence-electron chi connectivity index (χ4n) is 1.23. The van der Waals surface area contributed by atoms with E-state index in [9.17, 15) is 5.11 Å². The van der Waals surface area contributed by atoms with Crippen LogP contribution in [0.3, 0.4) is 0 Å². The smallest absolute Gasteiger partial charge is 0.225 e. The highest BCUT2D eigenvalue weighted by atomic mass is 16.5. The number of aliphatic hydroxyl groups is 1. The van der Waals surface area contributed by atoms with Gasteiger partial charge >= 0.3 is 0 Å². The number of methoxy groups -OCH3 is 1. The fraction of sp³-hybridized carbons (Fsp3) is 0.600. The van der Waals surface area contributed by atoms with Gasteiger partial charge in [0.25, 0.3) is 0 Å². The lowest BCUT2D eigenvalue weighted by atomic mass is 10.1. The number of nitrogens with zero attached hydrogens (tertiary/aromatic N) is 2. The molecule has 16 heavy (non-hydrogen) atoms. The summed E-state index contributed by atoms with van der Waals surface area (Å²) in [5.41, 5.74) is 5.52. The molecule has 0 amide bonds. The molecule has 0 bridgehead atoms. The van der Waals surface area contributed by atoms with Crippen LogP contribution in [0.4, 0.5) is 11.8 Å². The first kappa shape index (κ1) is 12.5. The van der Waals surface area contributed by atoms with Gasteiger partial charge in [-0.15, -0.1) is 0 Å². The first-order chi connectivity index (χ1) is 7.56. The monoisotopic (exact) mass is 226 g/mol. The quantitative estimate of drug-likeness (QED) is 0.676. The second kappa shape index (κ2) is 5.50. The van der Waals surface area contributed by atoms with Crippen LogP contribution in [-0.2, 0) is 0 Å². The highest BCUT2D eigenvalue weighted by Gasteiger charge is 2.13. The van der Waals surface area contributed by atoms with E-state index >= 15 is 0 Å². The van der Waals surface area contributed by atoms with Crippen LogP contribution in [0.5, 0.6) is 5.88 Å². The maximum Gasteiger partial charge on any atom is 0.225 e. The minimum Gasteiger partial charge on any atom is -0.481 e. The average Bonchev–Trinajstić information content (AvgIpc) is 2.24. The molecule has 1 aromatic rings. The molecule has 1 rings (SSSR count). The Hall–Kier alpha value is -1.56. The topological polar surface area (TPSA) is 93.3 Å². The Morgan fingerprint density at radius 3 is 2.69 bits per heavy atom. The largest absolute Gasteiger partial charge is 0.481 e. The molecule has 0 spiro atoms. The number of hydrogen-bond donors (Lipinski definition) is 3. The van der Waals surface area contributed by atoms with Crippen LogP contribution in [0.2, 0.25) is 0 Å². The summed E-state index contributed by atoms with van der Waals surface area (Å²) >= 11 is 0. The number of ether oxygens (including phenoxy) is 1. The molecule has 4 N–H and O–H groups in total. The number of aromatic nitrogens is 2.